The zero-order valence-corrected chi connectivity index (χ0v) is 10.9. The molecule has 18 heavy (non-hydrogen) atoms. The van der Waals surface area contributed by atoms with Crippen LogP contribution in [0.2, 0.25) is 0 Å². The van der Waals surface area contributed by atoms with Crippen LogP contribution >= 0.6 is 0 Å². The minimum absolute atomic E-state index is 0.122. The van der Waals surface area contributed by atoms with Crippen LogP contribution in [0.4, 0.5) is 5.69 Å². The number of ether oxygens (including phenoxy) is 1. The Labute approximate surface area is 108 Å². The predicted octanol–water partition coefficient (Wildman–Crippen LogP) is 2.03. The van der Waals surface area contributed by atoms with Crippen molar-refractivity contribution in [2.24, 2.45) is 11.7 Å². The lowest BCUT2D eigenvalue weighted by Crippen LogP contribution is -2.40. The van der Waals surface area contributed by atoms with Crippen LogP contribution < -0.4 is 11.1 Å². The average molecular weight is 248 g/mol. The standard InChI is InChI=1S/C14H20N2O2/c1-3-9(2)13(15)14(17)16-12-5-4-10-7-18-8-11(10)6-12/h4-6,9,13H,3,7-8,15H2,1-2H3,(H,16,17)/t9-,13-/m0/s1. The maximum Gasteiger partial charge on any atom is 0.241 e. The van der Waals surface area contributed by atoms with Crippen molar-refractivity contribution < 1.29 is 9.53 Å². The fourth-order valence-corrected chi connectivity index (χ4v) is 1.99. The zero-order valence-electron chi connectivity index (χ0n) is 10.9. The van der Waals surface area contributed by atoms with Crippen molar-refractivity contribution in [3.05, 3.63) is 29.3 Å². The van der Waals surface area contributed by atoms with Gasteiger partial charge < -0.3 is 15.8 Å². The fourth-order valence-electron chi connectivity index (χ4n) is 1.99. The normalized spacial score (nSPS) is 17.1. The lowest BCUT2D eigenvalue weighted by Gasteiger charge is -2.17. The van der Waals surface area contributed by atoms with Crippen LogP contribution in [0, 0.1) is 5.92 Å². The minimum atomic E-state index is -0.459. The molecular weight excluding hydrogens is 228 g/mol. The quantitative estimate of drug-likeness (QED) is 0.857. The molecule has 0 saturated carbocycles. The smallest absolute Gasteiger partial charge is 0.241 e. The van der Waals surface area contributed by atoms with Gasteiger partial charge in [-0.1, -0.05) is 26.3 Å². The molecule has 0 aromatic heterocycles. The van der Waals surface area contributed by atoms with Crippen molar-refractivity contribution in [1.29, 1.82) is 0 Å². The van der Waals surface area contributed by atoms with Gasteiger partial charge in [0, 0.05) is 5.69 Å². The lowest BCUT2D eigenvalue weighted by molar-refractivity contribution is -0.118. The van der Waals surface area contributed by atoms with Crippen molar-refractivity contribution in [2.75, 3.05) is 5.32 Å². The molecule has 1 aliphatic heterocycles. The summed E-state index contributed by atoms with van der Waals surface area (Å²) in [6.45, 7) is 5.30. The van der Waals surface area contributed by atoms with E-state index in [1.165, 1.54) is 5.56 Å². The van der Waals surface area contributed by atoms with E-state index in [1.807, 2.05) is 32.0 Å². The second-order valence-corrected chi connectivity index (χ2v) is 4.88. The van der Waals surface area contributed by atoms with E-state index < -0.39 is 6.04 Å². The highest BCUT2D eigenvalue weighted by Crippen LogP contribution is 2.23. The minimum Gasteiger partial charge on any atom is -0.372 e. The Morgan fingerprint density at radius 1 is 1.44 bits per heavy atom. The summed E-state index contributed by atoms with van der Waals surface area (Å²) < 4.78 is 5.34. The Bertz CT molecular complexity index is 445. The van der Waals surface area contributed by atoms with Crippen LogP contribution in [0.5, 0.6) is 0 Å². The molecule has 0 unspecified atom stereocenters. The van der Waals surface area contributed by atoms with Gasteiger partial charge in [-0.2, -0.15) is 0 Å². The highest BCUT2D eigenvalue weighted by molar-refractivity contribution is 5.95. The molecule has 1 aliphatic rings. The van der Waals surface area contributed by atoms with Crippen LogP contribution in [0.1, 0.15) is 31.4 Å². The monoisotopic (exact) mass is 248 g/mol. The summed E-state index contributed by atoms with van der Waals surface area (Å²) in [6, 6.07) is 5.39. The number of hydrogen-bond acceptors (Lipinski definition) is 3. The van der Waals surface area contributed by atoms with Crippen molar-refractivity contribution >= 4 is 11.6 Å². The first-order valence-electron chi connectivity index (χ1n) is 6.37. The zero-order chi connectivity index (χ0) is 13.1. The van der Waals surface area contributed by atoms with Crippen molar-refractivity contribution in [1.82, 2.24) is 0 Å². The molecule has 1 amide bonds. The Morgan fingerprint density at radius 3 is 2.89 bits per heavy atom. The fraction of sp³-hybridized carbons (Fsp3) is 0.500. The SMILES string of the molecule is CC[C@H](C)[C@H](N)C(=O)Nc1ccc2c(c1)COC2. The number of carbonyl (C=O) groups excluding carboxylic acids is 1. The summed E-state index contributed by atoms with van der Waals surface area (Å²) in [5.41, 5.74) is 9.03. The van der Waals surface area contributed by atoms with Crippen LogP contribution in [-0.2, 0) is 22.7 Å². The van der Waals surface area contributed by atoms with Crippen LogP contribution in [0.3, 0.4) is 0 Å². The number of carbonyl (C=O) groups is 1. The number of fused-ring (bicyclic) bond motifs is 1. The van der Waals surface area contributed by atoms with Gasteiger partial charge in [-0.25, -0.2) is 0 Å². The first-order chi connectivity index (χ1) is 8.61. The van der Waals surface area contributed by atoms with Crippen LogP contribution in [-0.4, -0.2) is 11.9 Å². The molecule has 0 saturated heterocycles. The predicted molar refractivity (Wildman–Crippen MR) is 71.0 cm³/mol. The van der Waals surface area contributed by atoms with Gasteiger partial charge in [0.25, 0.3) is 0 Å². The highest BCUT2D eigenvalue weighted by Gasteiger charge is 2.20. The number of nitrogens with two attached hydrogens (primary N) is 1. The van der Waals surface area contributed by atoms with Gasteiger partial charge in [0.1, 0.15) is 0 Å². The van der Waals surface area contributed by atoms with Crippen molar-refractivity contribution in [3.63, 3.8) is 0 Å². The van der Waals surface area contributed by atoms with Gasteiger partial charge in [-0.05, 0) is 29.2 Å². The van der Waals surface area contributed by atoms with Gasteiger partial charge in [0.2, 0.25) is 5.91 Å². The number of rotatable bonds is 4. The summed E-state index contributed by atoms with van der Waals surface area (Å²) in [4.78, 5) is 11.9. The van der Waals surface area contributed by atoms with E-state index in [0.29, 0.717) is 13.2 Å². The largest absolute Gasteiger partial charge is 0.372 e. The molecule has 2 atom stereocenters. The summed E-state index contributed by atoms with van der Waals surface area (Å²) in [5, 5.41) is 2.87. The molecule has 2 rings (SSSR count). The van der Waals surface area contributed by atoms with E-state index in [9.17, 15) is 4.79 Å². The number of amides is 1. The van der Waals surface area contributed by atoms with Gasteiger partial charge >= 0.3 is 0 Å². The molecule has 1 heterocycles. The molecule has 0 spiro atoms. The molecule has 0 radical (unpaired) electrons. The topological polar surface area (TPSA) is 64.4 Å². The third kappa shape index (κ3) is 2.71. The Morgan fingerprint density at radius 2 is 2.17 bits per heavy atom. The first-order valence-corrected chi connectivity index (χ1v) is 6.37. The summed E-state index contributed by atoms with van der Waals surface area (Å²) >= 11 is 0. The van der Waals surface area contributed by atoms with E-state index >= 15 is 0 Å². The van der Waals surface area contributed by atoms with Gasteiger partial charge in [0.05, 0.1) is 19.3 Å². The maximum atomic E-state index is 11.9. The third-order valence-corrected chi connectivity index (χ3v) is 3.55. The van der Waals surface area contributed by atoms with Gasteiger partial charge in [0.15, 0.2) is 0 Å². The highest BCUT2D eigenvalue weighted by atomic mass is 16.5. The molecular formula is C14H20N2O2. The summed E-state index contributed by atoms with van der Waals surface area (Å²) in [7, 11) is 0. The molecule has 1 aromatic rings. The molecule has 98 valence electrons. The summed E-state index contributed by atoms with van der Waals surface area (Å²) in [5.74, 6) is 0.0611. The average Bonchev–Trinajstić information content (AvgIpc) is 2.84. The van der Waals surface area contributed by atoms with Crippen LogP contribution in [0.15, 0.2) is 18.2 Å². The van der Waals surface area contributed by atoms with Gasteiger partial charge in [-0.3, -0.25) is 4.79 Å². The third-order valence-electron chi connectivity index (χ3n) is 3.55. The maximum absolute atomic E-state index is 11.9. The molecule has 1 aromatic carbocycles. The Hall–Kier alpha value is -1.39. The van der Waals surface area contributed by atoms with E-state index in [-0.39, 0.29) is 11.8 Å². The molecule has 4 heteroatoms. The Balaban J connectivity index is 2.03. The van der Waals surface area contributed by atoms with E-state index in [2.05, 4.69) is 5.32 Å². The van der Waals surface area contributed by atoms with Crippen LogP contribution in [0.25, 0.3) is 0 Å². The van der Waals surface area contributed by atoms with Crippen molar-refractivity contribution in [2.45, 2.75) is 39.5 Å². The molecule has 0 bridgehead atoms. The molecule has 0 aliphatic carbocycles. The number of benzene rings is 1. The lowest BCUT2D eigenvalue weighted by atomic mass is 9.99. The number of hydrogen-bond donors (Lipinski definition) is 2. The Kier molecular flexibility index (Phi) is 3.99. The molecule has 3 N–H and O–H groups in total. The van der Waals surface area contributed by atoms with Gasteiger partial charge in [-0.15, -0.1) is 0 Å². The van der Waals surface area contributed by atoms with E-state index in [0.717, 1.165) is 17.7 Å². The van der Waals surface area contributed by atoms with Crippen molar-refractivity contribution in [3.8, 4) is 0 Å². The molecule has 4 nitrogen and oxygen atoms in total. The number of nitrogens with one attached hydrogen (secondary N) is 1. The van der Waals surface area contributed by atoms with E-state index in [4.69, 9.17) is 10.5 Å². The summed E-state index contributed by atoms with van der Waals surface area (Å²) in [6.07, 6.45) is 0.895. The first kappa shape index (κ1) is 13.1. The number of anilines is 1. The second-order valence-electron chi connectivity index (χ2n) is 4.88. The molecule has 0 fully saturated rings. The second kappa shape index (κ2) is 5.50. The van der Waals surface area contributed by atoms with E-state index in [1.54, 1.807) is 0 Å².